The van der Waals surface area contributed by atoms with Crippen LogP contribution in [0.4, 0.5) is 29.2 Å². The number of aromatic nitrogens is 4. The quantitative estimate of drug-likeness (QED) is 0.321. The standard InChI is InChI=1S/C29H27F4N7O4/c1-15-12-44-20(11-40(15)27(42)28(2)13-43-14-28)25-38-22(23-24(34)36-7-8-39(23)25)18-4-3-16(9-19(18)30)26(41)37-21-10-17(5-6-35-21)29(31,32)33/h3-10,15,20H,11-14H2,1-2H3,(H2,34,36)(H,35,37,41)/t15-,20+/m0/s1. The Hall–Kier alpha value is -4.63. The number of rotatable bonds is 5. The Bertz CT molecular complexity index is 1770. The lowest BCUT2D eigenvalue weighted by molar-refractivity contribution is -0.179. The predicted molar refractivity (Wildman–Crippen MR) is 149 cm³/mol. The van der Waals surface area contributed by atoms with E-state index >= 15 is 4.39 Å². The van der Waals surface area contributed by atoms with Crippen LogP contribution in [0.5, 0.6) is 0 Å². The number of nitrogens with one attached hydrogen (secondary N) is 1. The van der Waals surface area contributed by atoms with Gasteiger partial charge in [0.15, 0.2) is 0 Å². The molecule has 15 heteroatoms. The molecule has 2 amide bonds. The van der Waals surface area contributed by atoms with Crippen molar-refractivity contribution in [1.82, 2.24) is 24.3 Å². The van der Waals surface area contributed by atoms with E-state index in [4.69, 9.17) is 20.2 Å². The third-order valence-electron chi connectivity index (χ3n) is 7.77. The van der Waals surface area contributed by atoms with Gasteiger partial charge in [-0.2, -0.15) is 13.2 Å². The van der Waals surface area contributed by atoms with Gasteiger partial charge in [0.25, 0.3) is 5.91 Å². The number of pyridine rings is 1. The van der Waals surface area contributed by atoms with E-state index in [1.54, 1.807) is 15.5 Å². The van der Waals surface area contributed by atoms with E-state index in [1.165, 1.54) is 18.3 Å². The maximum absolute atomic E-state index is 15.6. The fourth-order valence-electron chi connectivity index (χ4n) is 5.29. The van der Waals surface area contributed by atoms with Crippen molar-refractivity contribution in [2.75, 3.05) is 37.4 Å². The Kier molecular flexibility index (Phi) is 7.24. The molecular weight excluding hydrogens is 586 g/mol. The van der Waals surface area contributed by atoms with Gasteiger partial charge in [0.1, 0.15) is 40.6 Å². The van der Waals surface area contributed by atoms with E-state index in [2.05, 4.69) is 15.3 Å². The second-order valence-electron chi connectivity index (χ2n) is 11.1. The number of benzene rings is 1. The maximum atomic E-state index is 15.6. The molecule has 3 N–H and O–H groups in total. The van der Waals surface area contributed by atoms with Gasteiger partial charge in [-0.25, -0.2) is 19.3 Å². The molecule has 44 heavy (non-hydrogen) atoms. The first-order chi connectivity index (χ1) is 20.9. The molecule has 0 spiro atoms. The lowest BCUT2D eigenvalue weighted by atomic mass is 9.86. The first-order valence-corrected chi connectivity index (χ1v) is 13.6. The largest absolute Gasteiger partial charge is 0.416 e. The number of nitrogen functional groups attached to an aromatic ring is 1. The molecule has 2 fully saturated rings. The Balaban J connectivity index is 1.31. The van der Waals surface area contributed by atoms with Crippen LogP contribution in [0, 0.1) is 11.2 Å². The normalized spacial score (nSPS) is 19.9. The van der Waals surface area contributed by atoms with Gasteiger partial charge in [0.2, 0.25) is 5.91 Å². The number of morpholine rings is 1. The van der Waals surface area contributed by atoms with Crippen LogP contribution in [-0.2, 0) is 20.4 Å². The number of hydrogen-bond donors (Lipinski definition) is 2. The number of alkyl halides is 3. The zero-order valence-corrected chi connectivity index (χ0v) is 23.6. The molecule has 230 valence electrons. The highest BCUT2D eigenvalue weighted by molar-refractivity contribution is 6.04. The molecule has 2 aliphatic rings. The molecule has 2 saturated heterocycles. The molecule has 0 aliphatic carbocycles. The van der Waals surface area contributed by atoms with Crippen molar-refractivity contribution in [2.24, 2.45) is 5.41 Å². The summed E-state index contributed by atoms with van der Waals surface area (Å²) in [6.45, 7) is 4.86. The number of nitrogens with two attached hydrogens (primary N) is 1. The summed E-state index contributed by atoms with van der Waals surface area (Å²) >= 11 is 0. The fourth-order valence-corrected chi connectivity index (χ4v) is 5.29. The highest BCUT2D eigenvalue weighted by atomic mass is 19.4. The molecule has 0 saturated carbocycles. The third-order valence-corrected chi connectivity index (χ3v) is 7.77. The predicted octanol–water partition coefficient (Wildman–Crippen LogP) is 4.11. The van der Waals surface area contributed by atoms with Gasteiger partial charge >= 0.3 is 6.18 Å². The van der Waals surface area contributed by atoms with E-state index < -0.39 is 35.0 Å². The maximum Gasteiger partial charge on any atom is 0.416 e. The summed E-state index contributed by atoms with van der Waals surface area (Å²) in [6, 6.07) is 4.83. The summed E-state index contributed by atoms with van der Waals surface area (Å²) in [5.41, 5.74) is 4.87. The molecule has 1 aromatic carbocycles. The first-order valence-electron chi connectivity index (χ1n) is 13.6. The topological polar surface area (TPSA) is 137 Å². The van der Waals surface area contributed by atoms with Gasteiger partial charge < -0.3 is 25.4 Å². The minimum atomic E-state index is -4.63. The average Bonchev–Trinajstić information content (AvgIpc) is 3.36. The Morgan fingerprint density at radius 2 is 1.91 bits per heavy atom. The van der Waals surface area contributed by atoms with Gasteiger partial charge in [0.05, 0.1) is 43.4 Å². The molecule has 0 unspecified atom stereocenters. The average molecular weight is 614 g/mol. The van der Waals surface area contributed by atoms with Crippen LogP contribution >= 0.6 is 0 Å². The number of amides is 2. The number of imidazole rings is 1. The smallest absolute Gasteiger partial charge is 0.382 e. The molecule has 0 radical (unpaired) electrons. The van der Waals surface area contributed by atoms with Crippen molar-refractivity contribution in [2.45, 2.75) is 32.2 Å². The van der Waals surface area contributed by atoms with Crippen LogP contribution in [0.15, 0.2) is 48.9 Å². The number of nitrogens with zero attached hydrogens (tertiary/aromatic N) is 5. The summed E-state index contributed by atoms with van der Waals surface area (Å²) in [5.74, 6) is -1.65. The van der Waals surface area contributed by atoms with Gasteiger partial charge in [0, 0.05) is 29.7 Å². The highest BCUT2D eigenvalue weighted by Crippen LogP contribution is 2.37. The van der Waals surface area contributed by atoms with Crippen LogP contribution in [-0.4, -0.2) is 68.5 Å². The van der Waals surface area contributed by atoms with Crippen molar-refractivity contribution in [3.05, 3.63) is 71.7 Å². The number of carbonyl (C=O) groups is 2. The van der Waals surface area contributed by atoms with E-state index in [-0.39, 0.29) is 53.6 Å². The summed E-state index contributed by atoms with van der Waals surface area (Å²) in [7, 11) is 0. The van der Waals surface area contributed by atoms with Crippen LogP contribution in [0.2, 0.25) is 0 Å². The van der Waals surface area contributed by atoms with Crippen LogP contribution in [0.1, 0.15) is 41.7 Å². The summed E-state index contributed by atoms with van der Waals surface area (Å²) in [4.78, 5) is 40.4. The second-order valence-corrected chi connectivity index (χ2v) is 11.1. The van der Waals surface area contributed by atoms with E-state index in [1.807, 2.05) is 13.8 Å². The van der Waals surface area contributed by atoms with Crippen LogP contribution in [0.3, 0.4) is 0 Å². The van der Waals surface area contributed by atoms with E-state index in [9.17, 15) is 22.8 Å². The summed E-state index contributed by atoms with van der Waals surface area (Å²) < 4.78 is 67.7. The highest BCUT2D eigenvalue weighted by Gasteiger charge is 2.46. The fraction of sp³-hybridized carbons (Fsp3) is 0.345. The SMILES string of the molecule is C[C@H]1CO[C@@H](c2nc(-c3ccc(C(=O)Nc4cc(C(F)(F)F)ccn4)cc3F)c3c(N)nccn23)CN1C(=O)C1(C)COC1. The number of carbonyl (C=O) groups excluding carboxylic acids is 2. The third kappa shape index (κ3) is 5.21. The Morgan fingerprint density at radius 3 is 2.59 bits per heavy atom. The number of halogens is 4. The molecule has 5 heterocycles. The zero-order chi connectivity index (χ0) is 31.4. The molecule has 6 rings (SSSR count). The van der Waals surface area contributed by atoms with Crippen molar-refractivity contribution in [3.63, 3.8) is 0 Å². The van der Waals surface area contributed by atoms with Crippen molar-refractivity contribution >= 4 is 29.0 Å². The molecule has 4 aromatic rings. The van der Waals surface area contributed by atoms with Crippen LogP contribution in [0.25, 0.3) is 16.8 Å². The minimum Gasteiger partial charge on any atom is -0.382 e. The van der Waals surface area contributed by atoms with Crippen LogP contribution < -0.4 is 11.1 Å². The minimum absolute atomic E-state index is 0.00145. The first kappa shape index (κ1) is 29.4. The second kappa shape index (κ2) is 10.8. The molecule has 2 aliphatic heterocycles. The van der Waals surface area contributed by atoms with E-state index in [0.29, 0.717) is 30.6 Å². The Labute approximate surface area is 248 Å². The lowest BCUT2D eigenvalue weighted by Gasteiger charge is -2.45. The molecule has 11 nitrogen and oxygen atoms in total. The van der Waals surface area contributed by atoms with Gasteiger partial charge in [-0.15, -0.1) is 0 Å². The van der Waals surface area contributed by atoms with Crippen molar-refractivity contribution < 1.29 is 36.6 Å². The summed E-state index contributed by atoms with van der Waals surface area (Å²) in [5, 5.41) is 2.26. The van der Waals surface area contributed by atoms with Gasteiger partial charge in [-0.1, -0.05) is 0 Å². The molecule has 3 aromatic heterocycles. The molecular formula is C29H27F4N7O4. The summed E-state index contributed by atoms with van der Waals surface area (Å²) in [6.07, 6.45) is -1.32. The number of hydrogen-bond acceptors (Lipinski definition) is 8. The molecule has 0 bridgehead atoms. The zero-order valence-electron chi connectivity index (χ0n) is 23.6. The number of ether oxygens (including phenoxy) is 2. The monoisotopic (exact) mass is 613 g/mol. The number of fused-ring (bicyclic) bond motifs is 1. The van der Waals surface area contributed by atoms with Crippen molar-refractivity contribution in [1.29, 1.82) is 0 Å². The molecule has 2 atom stereocenters. The van der Waals surface area contributed by atoms with Gasteiger partial charge in [-0.3, -0.25) is 14.0 Å². The van der Waals surface area contributed by atoms with Crippen molar-refractivity contribution in [3.8, 4) is 11.3 Å². The Morgan fingerprint density at radius 1 is 1.14 bits per heavy atom. The lowest BCUT2D eigenvalue weighted by Crippen LogP contribution is -2.58. The van der Waals surface area contributed by atoms with Gasteiger partial charge in [-0.05, 0) is 44.2 Å². The van der Waals surface area contributed by atoms with E-state index in [0.717, 1.165) is 18.3 Å². The number of anilines is 2.